The second-order valence-electron chi connectivity index (χ2n) is 7.06. The molecule has 2 aromatic heterocycles. The van der Waals surface area contributed by atoms with Crippen LogP contribution < -0.4 is 5.32 Å². The highest BCUT2D eigenvalue weighted by Crippen LogP contribution is 2.26. The van der Waals surface area contributed by atoms with Crippen molar-refractivity contribution in [3.05, 3.63) is 48.3 Å². The number of benzene rings is 2. The molecule has 1 N–H and O–H groups in total. The number of thiazole rings is 1. The summed E-state index contributed by atoms with van der Waals surface area (Å²) >= 11 is 1.44. The van der Waals surface area contributed by atoms with Crippen LogP contribution in [0.5, 0.6) is 0 Å². The largest absolute Gasteiger partial charge is 0.331 e. The van der Waals surface area contributed by atoms with Gasteiger partial charge in [0.1, 0.15) is 5.82 Å². The van der Waals surface area contributed by atoms with E-state index in [0.29, 0.717) is 22.9 Å². The molecule has 10 heteroatoms. The van der Waals surface area contributed by atoms with Crippen LogP contribution in [0.2, 0.25) is 0 Å². The Morgan fingerprint density at radius 2 is 1.90 bits per heavy atom. The van der Waals surface area contributed by atoms with E-state index in [-0.39, 0.29) is 17.2 Å². The number of aromatic nitrogens is 3. The van der Waals surface area contributed by atoms with Crippen molar-refractivity contribution < 1.29 is 13.2 Å². The number of anilines is 1. The highest BCUT2D eigenvalue weighted by Gasteiger charge is 2.19. The Labute approximate surface area is 178 Å². The second-order valence-corrected chi connectivity index (χ2v) is 10.2. The number of fused-ring (bicyclic) bond motifs is 2. The fourth-order valence-electron chi connectivity index (χ4n) is 3.16. The predicted molar refractivity (Wildman–Crippen MR) is 118 cm³/mol. The highest BCUT2D eigenvalue weighted by atomic mass is 32.2. The van der Waals surface area contributed by atoms with Crippen LogP contribution in [0.4, 0.5) is 5.13 Å². The van der Waals surface area contributed by atoms with Crippen molar-refractivity contribution in [2.24, 2.45) is 7.05 Å². The number of imidazole rings is 1. The van der Waals surface area contributed by atoms with Gasteiger partial charge >= 0.3 is 0 Å². The normalized spacial score (nSPS) is 12.1. The average Bonchev–Trinajstić information content (AvgIpc) is 3.26. The van der Waals surface area contributed by atoms with Crippen LogP contribution in [0.25, 0.3) is 21.3 Å². The standard InChI is InChI=1S/C20H21N5O3S2/c1-24(2)30(27,28)13-8-9-16-15(12-13)21-18(25(16)3)10-11-19(26)23-20-22-14-6-4-5-7-17(14)29-20/h4-9,12H,10-11H2,1-3H3,(H,22,23,26). The fourth-order valence-corrected chi connectivity index (χ4v) is 4.96. The van der Waals surface area contributed by atoms with Crippen molar-refractivity contribution in [1.29, 1.82) is 0 Å². The lowest BCUT2D eigenvalue weighted by molar-refractivity contribution is -0.116. The Hall–Kier alpha value is -2.82. The molecular weight excluding hydrogens is 422 g/mol. The van der Waals surface area contributed by atoms with Gasteiger partial charge in [-0.15, -0.1) is 0 Å². The van der Waals surface area contributed by atoms with Crippen LogP contribution in [0.1, 0.15) is 12.2 Å². The smallest absolute Gasteiger partial charge is 0.242 e. The zero-order valence-corrected chi connectivity index (χ0v) is 18.4. The minimum absolute atomic E-state index is 0.142. The lowest BCUT2D eigenvalue weighted by atomic mass is 10.3. The lowest BCUT2D eigenvalue weighted by Gasteiger charge is -2.10. The monoisotopic (exact) mass is 443 g/mol. The number of aryl methyl sites for hydroxylation is 2. The summed E-state index contributed by atoms with van der Waals surface area (Å²) in [6.45, 7) is 0. The first-order valence-corrected chi connectivity index (χ1v) is 11.5. The van der Waals surface area contributed by atoms with Gasteiger partial charge in [-0.25, -0.2) is 22.7 Å². The molecule has 0 aliphatic rings. The molecule has 0 unspecified atom stereocenters. The average molecular weight is 444 g/mol. The minimum atomic E-state index is -3.53. The van der Waals surface area contributed by atoms with Gasteiger partial charge in [0, 0.05) is 34.0 Å². The molecule has 4 aromatic rings. The summed E-state index contributed by atoms with van der Waals surface area (Å²) in [7, 11) is 1.32. The number of sulfonamides is 1. The Morgan fingerprint density at radius 1 is 1.13 bits per heavy atom. The molecule has 0 aliphatic carbocycles. The number of amides is 1. The summed E-state index contributed by atoms with van der Waals surface area (Å²) in [6, 6.07) is 12.6. The van der Waals surface area contributed by atoms with E-state index in [4.69, 9.17) is 0 Å². The van der Waals surface area contributed by atoms with Crippen LogP contribution in [0.15, 0.2) is 47.4 Å². The third-order valence-electron chi connectivity index (χ3n) is 4.84. The quantitative estimate of drug-likeness (QED) is 0.494. The maximum Gasteiger partial charge on any atom is 0.242 e. The summed E-state index contributed by atoms with van der Waals surface area (Å²) in [4.78, 5) is 21.5. The van der Waals surface area contributed by atoms with Crippen molar-refractivity contribution in [3.63, 3.8) is 0 Å². The Kier molecular flexibility index (Phi) is 5.31. The number of rotatable bonds is 6. The number of carbonyl (C=O) groups is 1. The maximum absolute atomic E-state index is 12.4. The van der Waals surface area contributed by atoms with Crippen molar-refractivity contribution in [2.45, 2.75) is 17.7 Å². The molecule has 0 fully saturated rings. The topological polar surface area (TPSA) is 97.2 Å². The zero-order chi connectivity index (χ0) is 21.5. The van der Waals surface area contributed by atoms with E-state index < -0.39 is 10.0 Å². The summed E-state index contributed by atoms with van der Waals surface area (Å²) in [6.07, 6.45) is 0.674. The molecule has 1 amide bonds. The van der Waals surface area contributed by atoms with E-state index in [1.54, 1.807) is 18.2 Å². The predicted octanol–water partition coefficient (Wildman–Crippen LogP) is 3.00. The van der Waals surface area contributed by atoms with Gasteiger partial charge < -0.3 is 9.88 Å². The molecule has 0 bridgehead atoms. The van der Waals surface area contributed by atoms with Gasteiger partial charge in [-0.05, 0) is 30.3 Å². The first-order valence-electron chi connectivity index (χ1n) is 9.29. The van der Waals surface area contributed by atoms with Gasteiger partial charge in [0.2, 0.25) is 15.9 Å². The minimum Gasteiger partial charge on any atom is -0.331 e. The van der Waals surface area contributed by atoms with Crippen LogP contribution in [-0.2, 0) is 28.3 Å². The third kappa shape index (κ3) is 3.81. The van der Waals surface area contributed by atoms with Gasteiger partial charge in [0.25, 0.3) is 0 Å². The zero-order valence-electron chi connectivity index (χ0n) is 16.8. The molecule has 0 spiro atoms. The fraction of sp³-hybridized carbons (Fsp3) is 0.250. The van der Waals surface area contributed by atoms with Crippen LogP contribution in [-0.4, -0.2) is 47.3 Å². The second kappa shape index (κ2) is 7.78. The van der Waals surface area contributed by atoms with Gasteiger partial charge in [-0.2, -0.15) is 0 Å². The molecule has 2 aromatic carbocycles. The van der Waals surface area contributed by atoms with Crippen molar-refractivity contribution in [2.75, 3.05) is 19.4 Å². The Balaban J connectivity index is 1.49. The van der Waals surface area contributed by atoms with E-state index in [9.17, 15) is 13.2 Å². The molecule has 8 nitrogen and oxygen atoms in total. The molecule has 2 heterocycles. The van der Waals surface area contributed by atoms with E-state index in [0.717, 1.165) is 15.7 Å². The van der Waals surface area contributed by atoms with Gasteiger partial charge in [0.05, 0.1) is 26.1 Å². The van der Waals surface area contributed by atoms with Crippen molar-refractivity contribution >= 4 is 53.6 Å². The molecular formula is C20H21N5O3S2. The summed E-state index contributed by atoms with van der Waals surface area (Å²) in [5.74, 6) is 0.570. The van der Waals surface area contributed by atoms with Gasteiger partial charge in [-0.1, -0.05) is 23.5 Å². The van der Waals surface area contributed by atoms with E-state index >= 15 is 0 Å². The Morgan fingerprint density at radius 3 is 2.63 bits per heavy atom. The number of hydrogen-bond donors (Lipinski definition) is 1. The van der Waals surface area contributed by atoms with Crippen LogP contribution in [0, 0.1) is 0 Å². The molecule has 0 radical (unpaired) electrons. The van der Waals surface area contributed by atoms with Gasteiger partial charge in [0.15, 0.2) is 5.13 Å². The highest BCUT2D eigenvalue weighted by molar-refractivity contribution is 7.89. The third-order valence-corrected chi connectivity index (χ3v) is 7.60. The molecule has 4 rings (SSSR count). The summed E-state index contributed by atoms with van der Waals surface area (Å²) < 4.78 is 28.8. The number of hydrogen-bond acceptors (Lipinski definition) is 6. The molecule has 0 saturated heterocycles. The SMILES string of the molecule is CN(C)S(=O)(=O)c1ccc2c(c1)nc(CCC(=O)Nc1nc3ccccc3s1)n2C. The molecule has 156 valence electrons. The molecule has 0 atom stereocenters. The molecule has 0 saturated carbocycles. The van der Waals surface area contributed by atoms with E-state index in [1.165, 1.54) is 29.7 Å². The number of nitrogens with one attached hydrogen (secondary N) is 1. The summed E-state index contributed by atoms with van der Waals surface area (Å²) in [5.41, 5.74) is 2.26. The van der Waals surface area contributed by atoms with E-state index in [1.807, 2.05) is 35.9 Å². The molecule has 0 aliphatic heterocycles. The van der Waals surface area contributed by atoms with Crippen LogP contribution in [0.3, 0.4) is 0 Å². The number of carbonyl (C=O) groups excluding carboxylic acids is 1. The first kappa shape index (κ1) is 20.5. The van der Waals surface area contributed by atoms with Crippen molar-refractivity contribution in [3.8, 4) is 0 Å². The van der Waals surface area contributed by atoms with Crippen LogP contribution >= 0.6 is 11.3 Å². The van der Waals surface area contributed by atoms with Gasteiger partial charge in [-0.3, -0.25) is 4.79 Å². The maximum atomic E-state index is 12.4. The van der Waals surface area contributed by atoms with E-state index in [2.05, 4.69) is 15.3 Å². The number of para-hydroxylation sites is 1. The number of nitrogens with zero attached hydrogens (tertiary/aromatic N) is 4. The molecule has 30 heavy (non-hydrogen) atoms. The van der Waals surface area contributed by atoms with Crippen molar-refractivity contribution in [1.82, 2.24) is 18.8 Å². The first-order chi connectivity index (χ1) is 14.3. The summed E-state index contributed by atoms with van der Waals surface area (Å²) in [5, 5.41) is 3.42. The Bertz CT molecular complexity index is 1320. The lowest BCUT2D eigenvalue weighted by Crippen LogP contribution is -2.22.